The second-order valence-corrected chi connectivity index (χ2v) is 9.78. The highest BCUT2D eigenvalue weighted by Gasteiger charge is 2.37. The number of anilines is 1. The topological polar surface area (TPSA) is 67.9 Å². The van der Waals surface area contributed by atoms with E-state index >= 15 is 0 Å². The predicted octanol–water partition coefficient (Wildman–Crippen LogP) is 5.92. The summed E-state index contributed by atoms with van der Waals surface area (Å²) in [7, 11) is 0. The molecule has 0 aromatic heterocycles. The average Bonchev–Trinajstić information content (AvgIpc) is 2.86. The van der Waals surface area contributed by atoms with Crippen LogP contribution in [0.1, 0.15) is 48.3 Å². The van der Waals surface area contributed by atoms with Crippen LogP contribution in [0.3, 0.4) is 0 Å². The van der Waals surface area contributed by atoms with Gasteiger partial charge in [0.05, 0.1) is 5.56 Å². The van der Waals surface area contributed by atoms with Crippen molar-refractivity contribution in [1.82, 2.24) is 5.32 Å². The highest BCUT2D eigenvalue weighted by Crippen LogP contribution is 2.37. The number of benzene rings is 3. The molecule has 0 saturated carbocycles. The number of hydrogen-bond donors (Lipinski definition) is 1. The SMILES string of the molecule is CC(C)(C)NC(=O)[C@@H](c1ccc(F)cc1)N(C(=O)c1ccc2c(c1)OCCO2)c1cccc(C(F)(F)F)c1. The number of carbonyl (C=O) groups is 2. The van der Waals surface area contributed by atoms with E-state index in [1.807, 2.05) is 0 Å². The number of halogens is 4. The van der Waals surface area contributed by atoms with Gasteiger partial charge in [0, 0.05) is 16.8 Å². The van der Waals surface area contributed by atoms with Gasteiger partial charge in [0.2, 0.25) is 5.91 Å². The van der Waals surface area contributed by atoms with Gasteiger partial charge in [-0.3, -0.25) is 14.5 Å². The van der Waals surface area contributed by atoms with Gasteiger partial charge in [-0.15, -0.1) is 0 Å². The normalized spacial score (nSPS) is 14.0. The molecule has 0 fully saturated rings. The van der Waals surface area contributed by atoms with Crippen LogP contribution in [-0.4, -0.2) is 30.6 Å². The first-order valence-electron chi connectivity index (χ1n) is 11.8. The summed E-state index contributed by atoms with van der Waals surface area (Å²) in [4.78, 5) is 28.7. The van der Waals surface area contributed by atoms with Crippen molar-refractivity contribution in [2.75, 3.05) is 18.1 Å². The minimum atomic E-state index is -4.69. The molecule has 0 spiro atoms. The van der Waals surface area contributed by atoms with Crippen molar-refractivity contribution in [3.8, 4) is 11.5 Å². The Bertz CT molecular complexity index is 1330. The molecule has 0 bridgehead atoms. The molecule has 0 aliphatic carbocycles. The van der Waals surface area contributed by atoms with Crippen molar-refractivity contribution in [1.29, 1.82) is 0 Å². The molecule has 0 saturated heterocycles. The van der Waals surface area contributed by atoms with Crippen molar-refractivity contribution >= 4 is 17.5 Å². The number of nitrogens with one attached hydrogen (secondary N) is 1. The molecular weight excluding hydrogens is 504 g/mol. The molecule has 200 valence electrons. The lowest BCUT2D eigenvalue weighted by Gasteiger charge is -2.34. The van der Waals surface area contributed by atoms with Crippen LogP contribution < -0.4 is 19.7 Å². The van der Waals surface area contributed by atoms with Gasteiger partial charge in [-0.1, -0.05) is 18.2 Å². The number of rotatable bonds is 5. The highest BCUT2D eigenvalue weighted by molar-refractivity contribution is 6.10. The zero-order valence-electron chi connectivity index (χ0n) is 20.9. The third kappa shape index (κ3) is 6.07. The molecule has 1 aliphatic heterocycles. The van der Waals surface area contributed by atoms with E-state index in [4.69, 9.17) is 9.47 Å². The fraction of sp³-hybridized carbons (Fsp3) is 0.286. The molecule has 1 heterocycles. The molecule has 6 nitrogen and oxygen atoms in total. The molecule has 1 atom stereocenters. The maximum absolute atomic E-state index is 14.0. The fourth-order valence-electron chi connectivity index (χ4n) is 4.03. The standard InChI is InChI=1S/C28H26F4N2O4/c1-27(2,3)33-25(35)24(17-7-10-20(29)11-8-17)34(21-6-4-5-19(16-21)28(30,31)32)26(36)18-9-12-22-23(15-18)38-14-13-37-22/h4-12,15-16,24H,13-14H2,1-3H3,(H,33,35)/t24-/m1/s1. The number of carbonyl (C=O) groups excluding carboxylic acids is 2. The second-order valence-electron chi connectivity index (χ2n) is 9.78. The Kier molecular flexibility index (Phi) is 7.35. The van der Waals surface area contributed by atoms with Crippen LogP contribution in [0.2, 0.25) is 0 Å². The minimum Gasteiger partial charge on any atom is -0.486 e. The van der Waals surface area contributed by atoms with E-state index in [0.717, 1.165) is 35.2 Å². The predicted molar refractivity (Wildman–Crippen MR) is 133 cm³/mol. The molecule has 38 heavy (non-hydrogen) atoms. The molecule has 1 N–H and O–H groups in total. The molecule has 3 aromatic carbocycles. The average molecular weight is 531 g/mol. The van der Waals surface area contributed by atoms with Gasteiger partial charge in [-0.05, 0) is 74.9 Å². The largest absolute Gasteiger partial charge is 0.486 e. The number of fused-ring (bicyclic) bond motifs is 1. The highest BCUT2D eigenvalue weighted by atomic mass is 19.4. The van der Waals surface area contributed by atoms with Crippen LogP contribution in [0.4, 0.5) is 23.2 Å². The Labute approximate surface area is 217 Å². The van der Waals surface area contributed by atoms with Crippen molar-refractivity contribution in [3.05, 3.63) is 89.2 Å². The maximum atomic E-state index is 14.0. The Morgan fingerprint density at radius 1 is 0.895 bits per heavy atom. The molecule has 4 rings (SSSR count). The second kappa shape index (κ2) is 10.4. The first-order chi connectivity index (χ1) is 17.8. The van der Waals surface area contributed by atoms with Crippen LogP contribution >= 0.6 is 0 Å². The van der Waals surface area contributed by atoms with Crippen molar-refractivity contribution < 1.29 is 36.6 Å². The minimum absolute atomic E-state index is 0.0577. The Morgan fingerprint density at radius 2 is 1.55 bits per heavy atom. The summed E-state index contributed by atoms with van der Waals surface area (Å²) in [5.41, 5.74) is -1.64. The van der Waals surface area contributed by atoms with Crippen molar-refractivity contribution in [2.24, 2.45) is 0 Å². The molecule has 1 aliphatic rings. The summed E-state index contributed by atoms with van der Waals surface area (Å²) < 4.78 is 65.8. The number of amides is 2. The molecule has 0 radical (unpaired) electrons. The van der Waals surface area contributed by atoms with Crippen LogP contribution in [-0.2, 0) is 11.0 Å². The quantitative estimate of drug-likeness (QED) is 0.416. The van der Waals surface area contributed by atoms with E-state index in [1.165, 1.54) is 36.4 Å². The van der Waals surface area contributed by atoms with Gasteiger partial charge < -0.3 is 14.8 Å². The lowest BCUT2D eigenvalue weighted by Crippen LogP contribution is -2.49. The summed E-state index contributed by atoms with van der Waals surface area (Å²) in [5.74, 6) is -1.29. The molecule has 2 amide bonds. The summed E-state index contributed by atoms with van der Waals surface area (Å²) in [6.45, 7) is 5.77. The van der Waals surface area contributed by atoms with E-state index in [1.54, 1.807) is 20.8 Å². The number of hydrogen-bond acceptors (Lipinski definition) is 4. The van der Waals surface area contributed by atoms with Crippen molar-refractivity contribution in [3.63, 3.8) is 0 Å². The zero-order chi connectivity index (χ0) is 27.7. The maximum Gasteiger partial charge on any atom is 0.416 e. The lowest BCUT2D eigenvalue weighted by atomic mass is 9.99. The van der Waals surface area contributed by atoms with Crippen LogP contribution in [0.5, 0.6) is 11.5 Å². The number of nitrogens with zero attached hydrogens (tertiary/aromatic N) is 1. The Morgan fingerprint density at radius 3 is 2.18 bits per heavy atom. The summed E-state index contributed by atoms with van der Waals surface area (Å²) in [6, 6.07) is 12.0. The van der Waals surface area contributed by atoms with Gasteiger partial charge in [-0.25, -0.2) is 4.39 Å². The van der Waals surface area contributed by atoms with E-state index in [9.17, 15) is 27.2 Å². The van der Waals surface area contributed by atoms with Crippen LogP contribution in [0.25, 0.3) is 0 Å². The number of alkyl halides is 3. The molecule has 10 heteroatoms. The molecule has 3 aromatic rings. The summed E-state index contributed by atoms with van der Waals surface area (Å²) in [6.07, 6.45) is -4.69. The first kappa shape index (κ1) is 27.0. The van der Waals surface area contributed by atoms with Gasteiger partial charge in [-0.2, -0.15) is 13.2 Å². The van der Waals surface area contributed by atoms with E-state index in [0.29, 0.717) is 18.1 Å². The van der Waals surface area contributed by atoms with Crippen LogP contribution in [0.15, 0.2) is 66.7 Å². The van der Waals surface area contributed by atoms with Gasteiger partial charge in [0.1, 0.15) is 25.1 Å². The summed E-state index contributed by atoms with van der Waals surface area (Å²) >= 11 is 0. The van der Waals surface area contributed by atoms with Gasteiger partial charge in [0.25, 0.3) is 5.91 Å². The monoisotopic (exact) mass is 530 g/mol. The van der Waals surface area contributed by atoms with E-state index < -0.39 is 41.0 Å². The first-order valence-corrected chi connectivity index (χ1v) is 11.8. The van der Waals surface area contributed by atoms with Gasteiger partial charge >= 0.3 is 6.18 Å². The van der Waals surface area contributed by atoms with Crippen LogP contribution in [0, 0.1) is 5.82 Å². The Balaban J connectivity index is 1.90. The summed E-state index contributed by atoms with van der Waals surface area (Å²) in [5, 5.41) is 2.79. The van der Waals surface area contributed by atoms with Gasteiger partial charge in [0.15, 0.2) is 11.5 Å². The lowest BCUT2D eigenvalue weighted by molar-refractivity contribution is -0.137. The third-order valence-electron chi connectivity index (χ3n) is 5.65. The fourth-order valence-corrected chi connectivity index (χ4v) is 4.03. The number of ether oxygens (including phenoxy) is 2. The zero-order valence-corrected chi connectivity index (χ0v) is 20.9. The third-order valence-corrected chi connectivity index (χ3v) is 5.65. The smallest absolute Gasteiger partial charge is 0.416 e. The molecular formula is C28H26F4N2O4. The van der Waals surface area contributed by atoms with E-state index in [-0.39, 0.29) is 23.4 Å². The molecule has 0 unspecified atom stereocenters. The van der Waals surface area contributed by atoms with Crippen molar-refractivity contribution in [2.45, 2.75) is 38.5 Å². The Hall–Kier alpha value is -4.08. The van der Waals surface area contributed by atoms with E-state index in [2.05, 4.69) is 5.32 Å².